The number of rotatable bonds is 3. The fourth-order valence-electron chi connectivity index (χ4n) is 1.20. The summed E-state index contributed by atoms with van der Waals surface area (Å²) < 4.78 is 28.5. The molecule has 0 atom stereocenters. The van der Waals surface area contributed by atoms with E-state index in [9.17, 15) is 8.78 Å². The van der Waals surface area contributed by atoms with E-state index >= 15 is 0 Å². The number of tetrazole rings is 1. The van der Waals surface area contributed by atoms with Crippen LogP contribution in [0.4, 0.5) is 8.78 Å². The minimum atomic E-state index is -0.748. The van der Waals surface area contributed by atoms with Crippen LogP contribution in [0.15, 0.2) is 22.2 Å². The molecule has 1 aromatic heterocycles. The number of hydrogen-bond donors (Lipinski definition) is 1. The molecule has 2 aromatic rings. The van der Waals surface area contributed by atoms with Gasteiger partial charge in [0.2, 0.25) is 5.16 Å². The molecule has 0 unspecified atom stereocenters. The molecule has 1 aromatic carbocycles. The second-order valence-corrected chi connectivity index (χ2v) is 4.21. The summed E-state index contributed by atoms with van der Waals surface area (Å²) in [6.45, 7) is -0.412. The van der Waals surface area contributed by atoms with Gasteiger partial charge in [0, 0.05) is 7.05 Å². The number of hydrogen-bond acceptors (Lipinski definition) is 5. The van der Waals surface area contributed by atoms with E-state index in [4.69, 9.17) is 5.11 Å². The number of aliphatic hydroxyl groups excluding tert-OH is 1. The molecule has 0 aliphatic heterocycles. The van der Waals surface area contributed by atoms with Crippen LogP contribution in [0.3, 0.4) is 0 Å². The van der Waals surface area contributed by atoms with E-state index in [1.807, 2.05) is 0 Å². The molecule has 8 heteroatoms. The van der Waals surface area contributed by atoms with E-state index in [0.717, 1.165) is 23.9 Å². The predicted octanol–water partition coefficient (Wildman–Crippen LogP) is 1.13. The first-order valence-electron chi connectivity index (χ1n) is 4.61. The van der Waals surface area contributed by atoms with E-state index in [1.54, 1.807) is 7.05 Å². The van der Waals surface area contributed by atoms with Crippen molar-refractivity contribution in [2.75, 3.05) is 0 Å². The maximum Gasteiger partial charge on any atom is 0.214 e. The number of aryl methyl sites for hydroxylation is 1. The Balaban J connectivity index is 2.36. The summed E-state index contributed by atoms with van der Waals surface area (Å²) in [5, 5.41) is 19.6. The van der Waals surface area contributed by atoms with Crippen molar-refractivity contribution in [3.63, 3.8) is 0 Å². The highest BCUT2D eigenvalue weighted by atomic mass is 32.2. The smallest absolute Gasteiger partial charge is 0.214 e. The first-order chi connectivity index (χ1) is 8.11. The van der Waals surface area contributed by atoms with E-state index < -0.39 is 18.2 Å². The first-order valence-corrected chi connectivity index (χ1v) is 5.42. The summed E-state index contributed by atoms with van der Waals surface area (Å²) in [5.41, 5.74) is 0.181. The van der Waals surface area contributed by atoms with Crippen LogP contribution in [-0.4, -0.2) is 25.3 Å². The Bertz CT molecular complexity index is 523. The largest absolute Gasteiger partial charge is 0.392 e. The average molecular weight is 258 g/mol. The Morgan fingerprint density at radius 1 is 1.35 bits per heavy atom. The Morgan fingerprint density at radius 3 is 2.47 bits per heavy atom. The van der Waals surface area contributed by atoms with Gasteiger partial charge in [-0.05, 0) is 39.9 Å². The molecular weight excluding hydrogens is 250 g/mol. The highest BCUT2D eigenvalue weighted by molar-refractivity contribution is 7.99. The van der Waals surface area contributed by atoms with E-state index in [-0.39, 0.29) is 15.6 Å². The van der Waals surface area contributed by atoms with E-state index in [1.165, 1.54) is 4.68 Å². The van der Waals surface area contributed by atoms with Crippen molar-refractivity contribution < 1.29 is 13.9 Å². The van der Waals surface area contributed by atoms with Gasteiger partial charge < -0.3 is 5.11 Å². The molecule has 0 aliphatic carbocycles. The Kier molecular flexibility index (Phi) is 3.34. The third kappa shape index (κ3) is 2.42. The van der Waals surface area contributed by atoms with E-state index in [2.05, 4.69) is 15.5 Å². The molecule has 90 valence electrons. The monoisotopic (exact) mass is 258 g/mol. The van der Waals surface area contributed by atoms with Crippen LogP contribution < -0.4 is 0 Å². The SMILES string of the molecule is Cn1nnnc1Sc1c(F)cc(CO)cc1F. The lowest BCUT2D eigenvalue weighted by Crippen LogP contribution is -1.96. The minimum Gasteiger partial charge on any atom is -0.392 e. The van der Waals surface area contributed by atoms with Gasteiger partial charge in [-0.15, -0.1) is 5.10 Å². The van der Waals surface area contributed by atoms with Gasteiger partial charge in [-0.25, -0.2) is 13.5 Å². The van der Waals surface area contributed by atoms with Crippen molar-refractivity contribution in [2.45, 2.75) is 16.7 Å². The molecule has 5 nitrogen and oxygen atoms in total. The van der Waals surface area contributed by atoms with E-state index in [0.29, 0.717) is 0 Å². The van der Waals surface area contributed by atoms with Gasteiger partial charge >= 0.3 is 0 Å². The second-order valence-electron chi connectivity index (χ2n) is 3.23. The molecule has 0 amide bonds. The van der Waals surface area contributed by atoms with Crippen LogP contribution >= 0.6 is 11.8 Å². The molecule has 1 heterocycles. The highest BCUT2D eigenvalue weighted by Crippen LogP contribution is 2.30. The topological polar surface area (TPSA) is 63.8 Å². The van der Waals surface area contributed by atoms with Crippen molar-refractivity contribution in [1.82, 2.24) is 20.2 Å². The van der Waals surface area contributed by atoms with Crippen molar-refractivity contribution in [3.8, 4) is 0 Å². The highest BCUT2D eigenvalue weighted by Gasteiger charge is 2.15. The number of aliphatic hydroxyl groups is 1. The molecule has 0 saturated heterocycles. The van der Waals surface area contributed by atoms with Crippen molar-refractivity contribution >= 4 is 11.8 Å². The lowest BCUT2D eigenvalue weighted by molar-refractivity contribution is 0.280. The molecule has 0 fully saturated rings. The maximum absolute atomic E-state index is 13.6. The normalized spacial score (nSPS) is 10.8. The van der Waals surface area contributed by atoms with Crippen molar-refractivity contribution in [1.29, 1.82) is 0 Å². The van der Waals surface area contributed by atoms with Crippen molar-refractivity contribution in [2.24, 2.45) is 7.05 Å². The third-order valence-corrected chi connectivity index (χ3v) is 3.14. The fourth-order valence-corrected chi connectivity index (χ4v) is 1.94. The number of aromatic nitrogens is 4. The predicted molar refractivity (Wildman–Crippen MR) is 55.2 cm³/mol. The molecule has 17 heavy (non-hydrogen) atoms. The van der Waals surface area contributed by atoms with Crippen LogP contribution in [-0.2, 0) is 13.7 Å². The standard InChI is InChI=1S/C9H8F2N4OS/c1-15-9(12-13-14-15)17-8-6(10)2-5(4-16)3-7(8)11/h2-3,16H,4H2,1H3. The molecule has 0 radical (unpaired) electrons. The van der Waals surface area contributed by atoms with Crippen LogP contribution in [0, 0.1) is 11.6 Å². The van der Waals surface area contributed by atoms with Crippen LogP contribution in [0.25, 0.3) is 0 Å². The minimum absolute atomic E-state index is 0.181. The van der Waals surface area contributed by atoms with Crippen LogP contribution in [0.5, 0.6) is 0 Å². The summed E-state index contributed by atoms with van der Waals surface area (Å²) >= 11 is 0.789. The van der Waals surface area contributed by atoms with Gasteiger partial charge in [-0.3, -0.25) is 0 Å². The van der Waals surface area contributed by atoms with Gasteiger partial charge in [-0.1, -0.05) is 0 Å². The Morgan fingerprint density at radius 2 is 2.00 bits per heavy atom. The summed E-state index contributed by atoms with van der Waals surface area (Å²) in [5.74, 6) is -1.50. The zero-order valence-electron chi connectivity index (χ0n) is 8.76. The van der Waals surface area contributed by atoms with Gasteiger partial charge in [0.15, 0.2) is 0 Å². The lowest BCUT2D eigenvalue weighted by Gasteiger charge is -2.05. The summed E-state index contributed by atoms with van der Waals surface area (Å²) in [4.78, 5) is -0.194. The van der Waals surface area contributed by atoms with Crippen LogP contribution in [0.2, 0.25) is 0 Å². The number of nitrogens with zero attached hydrogens (tertiary/aromatic N) is 4. The molecule has 0 aliphatic rings. The Hall–Kier alpha value is -1.54. The maximum atomic E-state index is 13.6. The number of benzene rings is 1. The summed E-state index contributed by atoms with van der Waals surface area (Å²) in [7, 11) is 1.57. The third-order valence-electron chi connectivity index (χ3n) is 2.02. The lowest BCUT2D eigenvalue weighted by atomic mass is 10.2. The summed E-state index contributed by atoms with van der Waals surface area (Å²) in [6.07, 6.45) is 0. The van der Waals surface area contributed by atoms with Crippen molar-refractivity contribution in [3.05, 3.63) is 29.3 Å². The molecule has 0 spiro atoms. The van der Waals surface area contributed by atoms with Crippen LogP contribution in [0.1, 0.15) is 5.56 Å². The van der Waals surface area contributed by atoms with Gasteiger partial charge in [0.05, 0.1) is 11.5 Å². The molecule has 2 rings (SSSR count). The molecule has 0 saturated carbocycles. The van der Waals surface area contributed by atoms with Gasteiger partial charge in [0.25, 0.3) is 0 Å². The fraction of sp³-hybridized carbons (Fsp3) is 0.222. The summed E-state index contributed by atoms with van der Waals surface area (Å²) in [6, 6.07) is 2.16. The second kappa shape index (κ2) is 4.76. The molecular formula is C9H8F2N4OS. The zero-order valence-corrected chi connectivity index (χ0v) is 9.58. The Labute approximate surface area is 99.5 Å². The van der Waals surface area contributed by atoms with Gasteiger partial charge in [-0.2, -0.15) is 0 Å². The molecule has 1 N–H and O–H groups in total. The van der Waals surface area contributed by atoms with Gasteiger partial charge in [0.1, 0.15) is 11.6 Å². The first kappa shape index (κ1) is 11.9. The zero-order chi connectivity index (χ0) is 12.4. The molecule has 0 bridgehead atoms. The average Bonchev–Trinajstić information content (AvgIpc) is 2.69. The number of halogens is 2. The quantitative estimate of drug-likeness (QED) is 0.894.